The molecule has 0 fully saturated rings. The second-order valence-corrected chi connectivity index (χ2v) is 16.0. The van der Waals surface area contributed by atoms with E-state index in [2.05, 4.69) is 12.1 Å². The molecule has 0 spiro atoms. The van der Waals surface area contributed by atoms with Crippen LogP contribution in [-0.2, 0) is 35.0 Å². The fourth-order valence-electron chi connectivity index (χ4n) is 5.57. The number of benzene rings is 3. The zero-order valence-corrected chi connectivity index (χ0v) is 36.0. The van der Waals surface area contributed by atoms with Crippen molar-refractivity contribution in [2.75, 3.05) is 32.8 Å². The topological polar surface area (TPSA) is 154 Å². The van der Waals surface area contributed by atoms with Gasteiger partial charge in [0.15, 0.2) is 0 Å². The summed E-state index contributed by atoms with van der Waals surface area (Å²) in [5.74, 6) is 0.639. The van der Waals surface area contributed by atoms with Crippen molar-refractivity contribution in [2.45, 2.75) is 149 Å². The van der Waals surface area contributed by atoms with Crippen molar-refractivity contribution in [3.8, 4) is 0 Å². The number of thioether (sulfide) groups is 2. The van der Waals surface area contributed by atoms with E-state index in [0.717, 1.165) is 72.7 Å². The van der Waals surface area contributed by atoms with Crippen LogP contribution in [0.4, 0.5) is 0 Å². The number of ether oxygens (including phenoxy) is 3. The Hall–Kier alpha value is -3.81. The van der Waals surface area contributed by atoms with E-state index >= 15 is 0 Å². The molecular formula is C49H78O10S2. The van der Waals surface area contributed by atoms with Crippen LogP contribution >= 0.6 is 23.5 Å². The third-order valence-corrected chi connectivity index (χ3v) is 10.9. The lowest BCUT2D eigenvalue weighted by molar-refractivity contribution is -0.120. The minimum atomic E-state index is -0.909. The molecule has 12 heteroatoms. The first-order valence-electron chi connectivity index (χ1n) is 19.3. The molecular weight excluding hydrogens is 813 g/mol. The summed E-state index contributed by atoms with van der Waals surface area (Å²) in [7, 11) is 4.95. The van der Waals surface area contributed by atoms with Gasteiger partial charge in [-0.05, 0) is 125 Å². The van der Waals surface area contributed by atoms with Gasteiger partial charge in [0, 0.05) is 50.4 Å². The van der Waals surface area contributed by atoms with Crippen LogP contribution in [0.15, 0.2) is 88.7 Å². The van der Waals surface area contributed by atoms with E-state index in [1.165, 1.54) is 5.56 Å². The largest absolute Gasteiger partial charge is 0.478 e. The molecule has 3 unspecified atom stereocenters. The van der Waals surface area contributed by atoms with Crippen LogP contribution in [-0.4, -0.2) is 90.6 Å². The maximum absolute atomic E-state index is 11.1. The van der Waals surface area contributed by atoms with Gasteiger partial charge in [0.1, 0.15) is 17.3 Å². The van der Waals surface area contributed by atoms with E-state index in [-0.39, 0.29) is 65.4 Å². The summed E-state index contributed by atoms with van der Waals surface area (Å²) >= 11 is 3.42. The third kappa shape index (κ3) is 32.6. The number of rotatable bonds is 26. The number of hydrogen-bond donors (Lipinski definition) is 2. The SMILES string of the molecule is C.C.C.C.COC(CCCCCSc1ccc(C(=O)O)cc1)CC(C)=O.COC(CCCSc1ccc(C(=O)O)cc1)CC(C)=O.COC(CCc1ccccc1)CC(C)=O. The van der Waals surface area contributed by atoms with E-state index in [4.69, 9.17) is 24.4 Å². The monoisotopic (exact) mass is 891 g/mol. The number of aryl methyl sites for hydroxylation is 1. The van der Waals surface area contributed by atoms with Gasteiger partial charge in [-0.15, -0.1) is 23.5 Å². The number of ketones is 3. The van der Waals surface area contributed by atoms with Crippen molar-refractivity contribution in [3.63, 3.8) is 0 Å². The summed E-state index contributed by atoms with van der Waals surface area (Å²) in [4.78, 5) is 56.6. The highest BCUT2D eigenvalue weighted by atomic mass is 32.2. The maximum Gasteiger partial charge on any atom is 0.335 e. The maximum atomic E-state index is 11.1. The van der Waals surface area contributed by atoms with Crippen molar-refractivity contribution < 1.29 is 48.4 Å². The number of carbonyl (C=O) groups excluding carboxylic acids is 3. The smallest absolute Gasteiger partial charge is 0.335 e. The minimum Gasteiger partial charge on any atom is -0.478 e. The molecule has 0 heterocycles. The van der Waals surface area contributed by atoms with Crippen LogP contribution in [0.1, 0.15) is 141 Å². The molecule has 0 aliphatic rings. The molecule has 0 radical (unpaired) electrons. The number of Topliss-reactive ketones (excluding diaryl/α,β-unsaturated/α-hetero) is 3. The molecule has 0 bridgehead atoms. The molecule has 61 heavy (non-hydrogen) atoms. The van der Waals surface area contributed by atoms with Crippen molar-refractivity contribution in [1.82, 2.24) is 0 Å². The van der Waals surface area contributed by atoms with Gasteiger partial charge in [0.05, 0.1) is 29.4 Å². The quantitative estimate of drug-likeness (QED) is 0.0582. The van der Waals surface area contributed by atoms with Gasteiger partial charge in [0.2, 0.25) is 0 Å². The normalized spacial score (nSPS) is 11.4. The molecule has 3 aromatic rings. The average Bonchev–Trinajstić information content (AvgIpc) is 3.19. The summed E-state index contributed by atoms with van der Waals surface area (Å²) in [5, 5.41) is 17.6. The molecule has 346 valence electrons. The van der Waals surface area contributed by atoms with Gasteiger partial charge in [0.25, 0.3) is 0 Å². The number of carboxylic acids is 2. The molecule has 3 rings (SSSR count). The molecule has 2 N–H and O–H groups in total. The summed E-state index contributed by atoms with van der Waals surface area (Å²) in [5.41, 5.74) is 1.92. The zero-order valence-electron chi connectivity index (χ0n) is 34.4. The molecule has 0 saturated heterocycles. The Kier molecular flexibility index (Phi) is 40.9. The Balaban J connectivity index is -0.000000393. The number of hydrogen-bond acceptors (Lipinski definition) is 10. The van der Waals surface area contributed by atoms with Crippen LogP contribution in [0.2, 0.25) is 0 Å². The lowest BCUT2D eigenvalue weighted by Gasteiger charge is -2.13. The highest BCUT2D eigenvalue weighted by Gasteiger charge is 2.12. The Morgan fingerprint density at radius 3 is 1.21 bits per heavy atom. The predicted molar refractivity (Wildman–Crippen MR) is 256 cm³/mol. The van der Waals surface area contributed by atoms with Gasteiger partial charge >= 0.3 is 11.9 Å². The Labute approximate surface area is 377 Å². The molecule has 3 atom stereocenters. The van der Waals surface area contributed by atoms with Crippen LogP contribution < -0.4 is 0 Å². The van der Waals surface area contributed by atoms with Gasteiger partial charge in [-0.3, -0.25) is 14.4 Å². The predicted octanol–water partition coefficient (Wildman–Crippen LogP) is 12.4. The summed E-state index contributed by atoms with van der Waals surface area (Å²) < 4.78 is 15.8. The molecule has 0 aliphatic carbocycles. The van der Waals surface area contributed by atoms with Crippen LogP contribution in [0.5, 0.6) is 0 Å². The molecule has 0 aromatic heterocycles. The number of carbonyl (C=O) groups is 5. The van der Waals surface area contributed by atoms with Gasteiger partial charge in [-0.1, -0.05) is 72.9 Å². The first-order valence-corrected chi connectivity index (χ1v) is 21.3. The number of aromatic carboxylic acids is 2. The second-order valence-electron chi connectivity index (χ2n) is 13.7. The first kappa shape index (κ1) is 63.8. The Morgan fingerprint density at radius 2 is 0.852 bits per heavy atom. The average molecular weight is 891 g/mol. The van der Waals surface area contributed by atoms with Crippen molar-refractivity contribution >= 4 is 52.8 Å². The lowest BCUT2D eigenvalue weighted by Crippen LogP contribution is -2.15. The van der Waals surface area contributed by atoms with Crippen molar-refractivity contribution in [3.05, 3.63) is 95.6 Å². The van der Waals surface area contributed by atoms with Gasteiger partial charge < -0.3 is 24.4 Å². The van der Waals surface area contributed by atoms with Crippen LogP contribution in [0.25, 0.3) is 0 Å². The van der Waals surface area contributed by atoms with E-state index in [0.29, 0.717) is 30.4 Å². The highest BCUT2D eigenvalue weighted by molar-refractivity contribution is 7.99. The lowest BCUT2D eigenvalue weighted by atomic mass is 10.0. The summed E-state index contributed by atoms with van der Waals surface area (Å²) in [6.07, 6.45) is 9.47. The summed E-state index contributed by atoms with van der Waals surface area (Å²) in [6, 6.07) is 24.1. The van der Waals surface area contributed by atoms with Crippen molar-refractivity contribution in [1.29, 1.82) is 0 Å². The van der Waals surface area contributed by atoms with Gasteiger partial charge in [-0.25, -0.2) is 9.59 Å². The standard InChI is InChI=1S/C17H24O4S.C15H20O4S.C13H18O2.4CH4/c1-13(18)12-15(21-2)6-4-3-5-11-22-16-9-7-14(8-10-16)17(19)20;1-11(16)10-13(19-2)4-3-9-20-14-7-5-12(6-8-14)15(17)18;1-11(14)10-13(15-2)9-8-12-6-4-3-5-7-12;;;;/h7-10,15H,3-6,11-12H2,1-2H3,(H,19,20);5-8,13H,3-4,9-10H2,1-2H3,(H,17,18);3-7,13H,8-10H2,1-2H3;4*1H4. The van der Waals surface area contributed by atoms with E-state index in [1.54, 1.807) is 89.9 Å². The second kappa shape index (κ2) is 39.1. The molecule has 0 aliphatic heterocycles. The summed E-state index contributed by atoms with van der Waals surface area (Å²) in [6.45, 7) is 4.78. The fraction of sp³-hybridized carbons (Fsp3) is 0.531. The van der Waals surface area contributed by atoms with Crippen molar-refractivity contribution in [2.24, 2.45) is 0 Å². The van der Waals surface area contributed by atoms with E-state index in [1.807, 2.05) is 42.5 Å². The van der Waals surface area contributed by atoms with Crippen LogP contribution in [0, 0.1) is 0 Å². The Bertz CT molecular complexity index is 1580. The highest BCUT2D eigenvalue weighted by Crippen LogP contribution is 2.22. The minimum absolute atomic E-state index is 0. The van der Waals surface area contributed by atoms with Gasteiger partial charge in [-0.2, -0.15) is 0 Å². The molecule has 3 aromatic carbocycles. The third-order valence-electron chi connectivity index (χ3n) is 8.72. The number of carboxylic acid groups (broad SMARTS) is 2. The first-order chi connectivity index (χ1) is 27.3. The Morgan fingerprint density at radius 1 is 0.492 bits per heavy atom. The number of methoxy groups -OCH3 is 3. The van der Waals surface area contributed by atoms with E-state index < -0.39 is 11.9 Å². The molecule has 0 saturated carbocycles. The van der Waals surface area contributed by atoms with E-state index in [9.17, 15) is 24.0 Å². The zero-order chi connectivity index (χ0) is 42.4. The molecule has 0 amide bonds. The number of unbranched alkanes of at least 4 members (excludes halogenated alkanes) is 2. The van der Waals surface area contributed by atoms with Crippen LogP contribution in [0.3, 0.4) is 0 Å². The molecule has 10 nitrogen and oxygen atoms in total. The fourth-order valence-corrected chi connectivity index (χ4v) is 7.36.